The highest BCUT2D eigenvalue weighted by Gasteiger charge is 2.43. The van der Waals surface area contributed by atoms with Crippen molar-refractivity contribution >= 4 is 5.78 Å². The van der Waals surface area contributed by atoms with E-state index in [0.29, 0.717) is 12.3 Å². The van der Waals surface area contributed by atoms with Crippen molar-refractivity contribution in [2.75, 3.05) is 0 Å². The molecule has 1 aromatic rings. The first-order valence-corrected chi connectivity index (χ1v) is 5.81. The number of rotatable bonds is 5. The third-order valence-corrected chi connectivity index (χ3v) is 3.56. The van der Waals surface area contributed by atoms with Gasteiger partial charge in [-0.2, -0.15) is 5.10 Å². The molecule has 1 aromatic heterocycles. The fourth-order valence-electron chi connectivity index (χ4n) is 2.07. The summed E-state index contributed by atoms with van der Waals surface area (Å²) in [6, 6.07) is 1.94. The van der Waals surface area contributed by atoms with Crippen molar-refractivity contribution in [2.45, 2.75) is 38.1 Å². The van der Waals surface area contributed by atoms with Gasteiger partial charge in [0.25, 0.3) is 0 Å². The Morgan fingerprint density at radius 2 is 2.38 bits per heavy atom. The average molecular weight is 221 g/mol. The van der Waals surface area contributed by atoms with Gasteiger partial charge in [-0.25, -0.2) is 0 Å². The molecule has 0 radical (unpaired) electrons. The summed E-state index contributed by atoms with van der Waals surface area (Å²) in [5.74, 6) is 0.586. The van der Waals surface area contributed by atoms with Crippen molar-refractivity contribution in [1.29, 1.82) is 0 Å². The number of hydrogen-bond donors (Lipinski definition) is 1. The lowest BCUT2D eigenvalue weighted by Gasteiger charge is -2.22. The zero-order valence-corrected chi connectivity index (χ0v) is 9.94. The van der Waals surface area contributed by atoms with Crippen molar-refractivity contribution in [2.24, 2.45) is 18.7 Å². The molecule has 1 fully saturated rings. The van der Waals surface area contributed by atoms with Crippen LogP contribution in [-0.4, -0.2) is 21.1 Å². The Bertz CT molecular complexity index is 391. The molecule has 2 N–H and O–H groups in total. The van der Waals surface area contributed by atoms with Crippen LogP contribution in [0.2, 0.25) is 0 Å². The van der Waals surface area contributed by atoms with Crippen LogP contribution >= 0.6 is 0 Å². The van der Waals surface area contributed by atoms with Gasteiger partial charge in [0, 0.05) is 25.4 Å². The Kier molecular flexibility index (Phi) is 2.84. The van der Waals surface area contributed by atoms with Gasteiger partial charge in [-0.15, -0.1) is 0 Å². The van der Waals surface area contributed by atoms with Crippen molar-refractivity contribution in [3.05, 3.63) is 18.0 Å². The number of nitrogens with zero attached hydrogens (tertiary/aromatic N) is 2. The molecule has 0 aliphatic heterocycles. The van der Waals surface area contributed by atoms with Crippen LogP contribution in [0.3, 0.4) is 0 Å². The third-order valence-electron chi connectivity index (χ3n) is 3.56. The molecular weight excluding hydrogens is 202 g/mol. The first kappa shape index (κ1) is 11.3. The minimum absolute atomic E-state index is 0.177. The summed E-state index contributed by atoms with van der Waals surface area (Å²) in [6.45, 7) is 1.87. The minimum atomic E-state index is -0.613. The summed E-state index contributed by atoms with van der Waals surface area (Å²) in [5, 5.41) is 4.08. The van der Waals surface area contributed by atoms with Gasteiger partial charge >= 0.3 is 0 Å². The van der Waals surface area contributed by atoms with Crippen LogP contribution in [0, 0.1) is 5.92 Å². The summed E-state index contributed by atoms with van der Waals surface area (Å²) in [4.78, 5) is 12.0. The van der Waals surface area contributed by atoms with Gasteiger partial charge in [-0.3, -0.25) is 9.48 Å². The monoisotopic (exact) mass is 221 g/mol. The Hall–Kier alpha value is -1.16. The number of aromatic nitrogens is 2. The van der Waals surface area contributed by atoms with Crippen LogP contribution in [0.25, 0.3) is 0 Å². The van der Waals surface area contributed by atoms with Gasteiger partial charge in [-0.1, -0.05) is 0 Å². The van der Waals surface area contributed by atoms with E-state index in [0.717, 1.165) is 25.0 Å². The molecule has 0 aromatic carbocycles. The van der Waals surface area contributed by atoms with Crippen LogP contribution in [0.5, 0.6) is 0 Å². The minimum Gasteiger partial charge on any atom is -0.319 e. The molecule has 2 rings (SSSR count). The average Bonchev–Trinajstić information content (AvgIpc) is 3.01. The van der Waals surface area contributed by atoms with Gasteiger partial charge in [0.1, 0.15) is 0 Å². The maximum absolute atomic E-state index is 12.0. The zero-order valence-electron chi connectivity index (χ0n) is 9.94. The second kappa shape index (κ2) is 4.01. The molecule has 1 aliphatic rings. The van der Waals surface area contributed by atoms with E-state index in [4.69, 9.17) is 5.73 Å². The van der Waals surface area contributed by atoms with E-state index < -0.39 is 5.54 Å². The maximum Gasteiger partial charge on any atom is 0.153 e. The Morgan fingerprint density at radius 3 is 2.88 bits per heavy atom. The molecule has 1 aliphatic carbocycles. The van der Waals surface area contributed by atoms with Gasteiger partial charge in [0.2, 0.25) is 0 Å². The number of carbonyl (C=O) groups excluding carboxylic acids is 1. The molecule has 0 bridgehead atoms. The van der Waals surface area contributed by atoms with E-state index in [1.807, 2.05) is 20.0 Å². The maximum atomic E-state index is 12.0. The molecule has 88 valence electrons. The van der Waals surface area contributed by atoms with Crippen molar-refractivity contribution in [3.63, 3.8) is 0 Å². The molecule has 1 saturated carbocycles. The predicted octanol–water partition coefficient (Wildman–Crippen LogP) is 1.05. The normalized spacial score (nSPS) is 19.4. The first-order chi connectivity index (χ1) is 7.51. The molecule has 1 heterocycles. The quantitative estimate of drug-likeness (QED) is 0.808. The number of nitrogens with two attached hydrogens (primary N) is 1. The van der Waals surface area contributed by atoms with E-state index in [9.17, 15) is 4.79 Å². The molecule has 4 nitrogen and oxygen atoms in total. The van der Waals surface area contributed by atoms with Crippen LogP contribution < -0.4 is 5.73 Å². The fraction of sp³-hybridized carbons (Fsp3) is 0.667. The van der Waals surface area contributed by atoms with Crippen LogP contribution in [0.1, 0.15) is 31.9 Å². The van der Waals surface area contributed by atoms with Crippen LogP contribution in [-0.2, 0) is 18.3 Å². The zero-order chi connectivity index (χ0) is 11.8. The number of ketones is 1. The van der Waals surface area contributed by atoms with E-state index in [1.165, 1.54) is 0 Å². The molecule has 16 heavy (non-hydrogen) atoms. The number of aryl methyl sites for hydroxylation is 2. The first-order valence-electron chi connectivity index (χ1n) is 5.81. The molecule has 4 heteroatoms. The topological polar surface area (TPSA) is 60.9 Å². The Balaban J connectivity index is 1.91. The molecule has 0 spiro atoms. The Morgan fingerprint density at radius 1 is 1.69 bits per heavy atom. The van der Waals surface area contributed by atoms with E-state index in [2.05, 4.69) is 5.10 Å². The SMILES string of the molecule is Cn1nccc1CCC(=O)C(C)(N)C1CC1. The van der Waals surface area contributed by atoms with Crippen molar-refractivity contribution in [1.82, 2.24) is 9.78 Å². The number of carbonyl (C=O) groups is 1. The van der Waals surface area contributed by atoms with E-state index in [1.54, 1.807) is 10.9 Å². The lowest BCUT2D eigenvalue weighted by Crippen LogP contribution is -2.47. The number of hydrogen-bond acceptors (Lipinski definition) is 3. The summed E-state index contributed by atoms with van der Waals surface area (Å²) >= 11 is 0. The Labute approximate surface area is 95.8 Å². The second-order valence-electron chi connectivity index (χ2n) is 4.93. The highest BCUT2D eigenvalue weighted by molar-refractivity contribution is 5.88. The largest absolute Gasteiger partial charge is 0.319 e. The summed E-state index contributed by atoms with van der Waals surface area (Å²) in [7, 11) is 1.89. The van der Waals surface area contributed by atoms with E-state index >= 15 is 0 Å². The number of Topliss-reactive ketones (excluding diaryl/α,β-unsaturated/α-hetero) is 1. The smallest absolute Gasteiger partial charge is 0.153 e. The van der Waals surface area contributed by atoms with Crippen molar-refractivity contribution < 1.29 is 4.79 Å². The van der Waals surface area contributed by atoms with Crippen LogP contribution in [0.4, 0.5) is 0 Å². The fourth-order valence-corrected chi connectivity index (χ4v) is 2.07. The molecule has 1 atom stereocenters. The third kappa shape index (κ3) is 2.16. The lowest BCUT2D eigenvalue weighted by atomic mass is 9.89. The molecule has 0 amide bonds. The highest BCUT2D eigenvalue weighted by Crippen LogP contribution is 2.39. The van der Waals surface area contributed by atoms with Gasteiger partial charge in [0.05, 0.1) is 5.54 Å². The van der Waals surface area contributed by atoms with Gasteiger partial charge < -0.3 is 5.73 Å². The standard InChI is InChI=1S/C12H19N3O/c1-12(13,9-3-4-9)11(16)6-5-10-7-8-14-15(10)2/h7-9H,3-6,13H2,1-2H3. The van der Waals surface area contributed by atoms with E-state index in [-0.39, 0.29) is 5.78 Å². The summed E-state index contributed by atoms with van der Waals surface area (Å²) in [6.07, 6.45) is 5.20. The molecular formula is C12H19N3O. The van der Waals surface area contributed by atoms with Crippen LogP contribution in [0.15, 0.2) is 12.3 Å². The second-order valence-corrected chi connectivity index (χ2v) is 4.93. The predicted molar refractivity (Wildman–Crippen MR) is 61.9 cm³/mol. The van der Waals surface area contributed by atoms with Gasteiger partial charge in [-0.05, 0) is 38.2 Å². The molecule has 1 unspecified atom stereocenters. The lowest BCUT2D eigenvalue weighted by molar-refractivity contribution is -0.124. The van der Waals surface area contributed by atoms with Gasteiger partial charge in [0.15, 0.2) is 5.78 Å². The highest BCUT2D eigenvalue weighted by atomic mass is 16.1. The summed E-state index contributed by atoms with van der Waals surface area (Å²) in [5.41, 5.74) is 6.54. The summed E-state index contributed by atoms with van der Waals surface area (Å²) < 4.78 is 1.80. The molecule has 0 saturated heterocycles. The van der Waals surface area contributed by atoms with Crippen molar-refractivity contribution in [3.8, 4) is 0 Å².